The average Bonchev–Trinajstić information content (AvgIpc) is 3.34. The number of ether oxygens (including phenoxy) is 2. The fourth-order valence-electron chi connectivity index (χ4n) is 3.47. The molecule has 5 aromatic rings. The van der Waals surface area contributed by atoms with Crippen LogP contribution in [0.5, 0.6) is 11.5 Å². The van der Waals surface area contributed by atoms with Crippen LogP contribution in [-0.2, 0) is 0 Å². The topological polar surface area (TPSA) is 52.8 Å². The van der Waals surface area contributed by atoms with Crippen molar-refractivity contribution < 1.29 is 9.47 Å². The first-order chi connectivity index (χ1) is 15.7. The second kappa shape index (κ2) is 8.85. The number of benzene rings is 3. The number of aromatic nitrogens is 2. The highest BCUT2D eigenvalue weighted by Crippen LogP contribution is 2.17. The van der Waals surface area contributed by atoms with Crippen molar-refractivity contribution in [2.75, 3.05) is 13.2 Å². The van der Waals surface area contributed by atoms with Crippen molar-refractivity contribution in [2.45, 2.75) is 6.92 Å². The van der Waals surface area contributed by atoms with Gasteiger partial charge in [-0.15, -0.1) is 0 Å². The van der Waals surface area contributed by atoms with Crippen LogP contribution in [0.4, 0.5) is 0 Å². The van der Waals surface area contributed by atoms with Gasteiger partial charge in [0.2, 0.25) is 0 Å². The predicted molar refractivity (Wildman–Crippen MR) is 129 cm³/mol. The molecule has 0 fully saturated rings. The quantitative estimate of drug-likeness (QED) is 0.371. The summed E-state index contributed by atoms with van der Waals surface area (Å²) in [5.41, 5.74) is 2.60. The maximum atomic E-state index is 12.9. The van der Waals surface area contributed by atoms with Gasteiger partial charge in [0.1, 0.15) is 11.5 Å². The molecule has 1 unspecified atom stereocenters. The Bertz CT molecular complexity index is 1460. The first-order valence-electron chi connectivity index (χ1n) is 10.5. The number of para-hydroxylation sites is 3. The van der Waals surface area contributed by atoms with Crippen molar-refractivity contribution >= 4 is 33.4 Å². The third kappa shape index (κ3) is 4.22. The highest BCUT2D eigenvalue weighted by molar-refractivity contribution is 7.15. The van der Waals surface area contributed by atoms with E-state index in [-0.39, 0.29) is 11.5 Å². The lowest BCUT2D eigenvalue weighted by Gasteiger charge is -2.14. The van der Waals surface area contributed by atoms with Crippen LogP contribution in [0.25, 0.3) is 22.1 Å². The molecule has 0 saturated heterocycles. The Morgan fingerprint density at radius 2 is 1.56 bits per heavy atom. The Hall–Kier alpha value is -3.64. The van der Waals surface area contributed by atoms with E-state index in [4.69, 9.17) is 9.47 Å². The van der Waals surface area contributed by atoms with E-state index >= 15 is 0 Å². The van der Waals surface area contributed by atoms with Gasteiger partial charge in [0.15, 0.2) is 4.96 Å². The van der Waals surface area contributed by atoms with Crippen LogP contribution in [-0.4, -0.2) is 22.6 Å². The van der Waals surface area contributed by atoms with Gasteiger partial charge in [-0.3, -0.25) is 4.79 Å². The van der Waals surface area contributed by atoms with Crippen LogP contribution in [0.3, 0.4) is 0 Å². The molecule has 0 saturated carbocycles. The van der Waals surface area contributed by atoms with Crippen molar-refractivity contribution in [3.8, 4) is 11.5 Å². The van der Waals surface area contributed by atoms with Gasteiger partial charge in [-0.2, -0.15) is 0 Å². The number of hydrogen-bond acceptors (Lipinski definition) is 5. The van der Waals surface area contributed by atoms with Gasteiger partial charge in [0.25, 0.3) is 5.56 Å². The summed E-state index contributed by atoms with van der Waals surface area (Å²) in [4.78, 5) is 18.2. The first kappa shape index (κ1) is 20.3. The standard InChI is InChI=1S/C26H22N2O3S/c1-18(16-30-20-7-3-2-4-8-20)17-31-21-13-11-19(12-14-21)15-24-25(29)28-23-10-6-5-9-22(23)27-26(28)32-24/h2-15,18H,16-17H2,1H3. The lowest BCUT2D eigenvalue weighted by Crippen LogP contribution is -2.22. The van der Waals surface area contributed by atoms with E-state index in [0.717, 1.165) is 28.1 Å². The molecule has 32 heavy (non-hydrogen) atoms. The third-order valence-electron chi connectivity index (χ3n) is 5.14. The largest absolute Gasteiger partial charge is 0.493 e. The van der Waals surface area contributed by atoms with Gasteiger partial charge in [0, 0.05) is 5.92 Å². The molecule has 0 aliphatic rings. The van der Waals surface area contributed by atoms with Crippen LogP contribution >= 0.6 is 11.3 Å². The summed E-state index contributed by atoms with van der Waals surface area (Å²) in [6.07, 6.45) is 1.90. The van der Waals surface area contributed by atoms with E-state index < -0.39 is 0 Å². The van der Waals surface area contributed by atoms with Crippen LogP contribution < -0.4 is 19.6 Å². The molecule has 3 aromatic carbocycles. The van der Waals surface area contributed by atoms with Crippen LogP contribution in [0, 0.1) is 5.92 Å². The first-order valence-corrected chi connectivity index (χ1v) is 11.3. The molecule has 0 aliphatic carbocycles. The van der Waals surface area contributed by atoms with Crippen molar-refractivity contribution in [1.29, 1.82) is 0 Å². The number of nitrogens with zero attached hydrogens (tertiary/aromatic N) is 2. The Morgan fingerprint density at radius 3 is 2.31 bits per heavy atom. The van der Waals surface area contributed by atoms with E-state index in [0.29, 0.717) is 22.7 Å². The zero-order valence-electron chi connectivity index (χ0n) is 17.6. The summed E-state index contributed by atoms with van der Waals surface area (Å²) >= 11 is 1.41. The average molecular weight is 443 g/mol. The SMILES string of the molecule is CC(COc1ccccc1)COc1ccc(C=c2sc3nc4ccccc4n3c2=O)cc1. The van der Waals surface area contributed by atoms with Gasteiger partial charge in [-0.05, 0) is 48.0 Å². The molecule has 5 nitrogen and oxygen atoms in total. The minimum absolute atomic E-state index is 0.0359. The second-order valence-corrected chi connectivity index (χ2v) is 8.75. The normalized spacial score (nSPS) is 13.0. The number of imidazole rings is 1. The summed E-state index contributed by atoms with van der Waals surface area (Å²) in [6.45, 7) is 3.25. The molecule has 0 radical (unpaired) electrons. The third-order valence-corrected chi connectivity index (χ3v) is 6.10. The van der Waals surface area contributed by atoms with Gasteiger partial charge in [0.05, 0.1) is 28.8 Å². The Labute approximate surface area is 189 Å². The number of fused-ring (bicyclic) bond motifs is 3. The minimum Gasteiger partial charge on any atom is -0.493 e. The molecule has 2 aromatic heterocycles. The summed E-state index contributed by atoms with van der Waals surface area (Å²) in [6, 6.07) is 25.2. The lowest BCUT2D eigenvalue weighted by molar-refractivity contribution is 0.188. The maximum Gasteiger partial charge on any atom is 0.274 e. The van der Waals surface area contributed by atoms with Crippen molar-refractivity contribution in [1.82, 2.24) is 9.38 Å². The number of hydrogen-bond donors (Lipinski definition) is 0. The Morgan fingerprint density at radius 1 is 0.906 bits per heavy atom. The number of rotatable bonds is 7. The highest BCUT2D eigenvalue weighted by Gasteiger charge is 2.10. The zero-order valence-corrected chi connectivity index (χ0v) is 18.4. The van der Waals surface area contributed by atoms with E-state index in [2.05, 4.69) is 11.9 Å². The summed E-state index contributed by atoms with van der Waals surface area (Å²) in [7, 11) is 0. The Kier molecular flexibility index (Phi) is 5.60. The van der Waals surface area contributed by atoms with Crippen LogP contribution in [0.1, 0.15) is 12.5 Å². The number of thiazole rings is 1. The molecule has 0 N–H and O–H groups in total. The van der Waals surface area contributed by atoms with E-state index in [9.17, 15) is 4.79 Å². The molecule has 1 atom stereocenters. The van der Waals surface area contributed by atoms with Crippen LogP contribution in [0.15, 0.2) is 83.7 Å². The fourth-order valence-corrected chi connectivity index (χ4v) is 4.45. The molecule has 0 spiro atoms. The zero-order chi connectivity index (χ0) is 21.9. The lowest BCUT2D eigenvalue weighted by atomic mass is 10.2. The van der Waals surface area contributed by atoms with Crippen molar-refractivity contribution in [2.24, 2.45) is 5.92 Å². The van der Waals surface area contributed by atoms with E-state index in [1.54, 1.807) is 4.40 Å². The van der Waals surface area contributed by atoms with Crippen LogP contribution in [0.2, 0.25) is 0 Å². The highest BCUT2D eigenvalue weighted by atomic mass is 32.1. The van der Waals surface area contributed by atoms with E-state index in [1.165, 1.54) is 11.3 Å². The molecule has 0 amide bonds. The summed E-state index contributed by atoms with van der Waals surface area (Å²) < 4.78 is 14.0. The van der Waals surface area contributed by atoms with E-state index in [1.807, 2.05) is 84.9 Å². The molecular formula is C26H22N2O3S. The minimum atomic E-state index is -0.0359. The molecule has 160 valence electrons. The summed E-state index contributed by atoms with van der Waals surface area (Å²) in [5.74, 6) is 1.91. The van der Waals surface area contributed by atoms with Gasteiger partial charge in [-0.1, -0.05) is 60.7 Å². The van der Waals surface area contributed by atoms with Gasteiger partial charge >= 0.3 is 0 Å². The molecule has 5 rings (SSSR count). The molecule has 6 heteroatoms. The molecule has 0 bridgehead atoms. The smallest absolute Gasteiger partial charge is 0.274 e. The predicted octanol–water partition coefficient (Wildman–Crippen LogP) is 4.55. The Balaban J connectivity index is 1.25. The van der Waals surface area contributed by atoms with Gasteiger partial charge in [-0.25, -0.2) is 9.38 Å². The maximum absolute atomic E-state index is 12.9. The monoisotopic (exact) mass is 442 g/mol. The van der Waals surface area contributed by atoms with Crippen molar-refractivity contribution in [3.63, 3.8) is 0 Å². The molecule has 2 heterocycles. The second-order valence-electron chi connectivity index (χ2n) is 7.74. The molecular weight excluding hydrogens is 420 g/mol. The summed E-state index contributed by atoms with van der Waals surface area (Å²) in [5, 5.41) is 0. The fraction of sp³-hybridized carbons (Fsp3) is 0.154. The van der Waals surface area contributed by atoms with Crippen molar-refractivity contribution in [3.05, 3.63) is 99.3 Å². The van der Waals surface area contributed by atoms with Gasteiger partial charge < -0.3 is 9.47 Å². The molecule has 0 aliphatic heterocycles.